The Kier molecular flexibility index (Phi) is 3.24. The van der Waals surface area contributed by atoms with Crippen LogP contribution in [0.5, 0.6) is 11.5 Å². The van der Waals surface area contributed by atoms with Gasteiger partial charge in [-0.05, 0) is 30.7 Å². The summed E-state index contributed by atoms with van der Waals surface area (Å²) < 4.78 is 0. The zero-order valence-corrected chi connectivity index (χ0v) is 10.2. The minimum Gasteiger partial charge on any atom is -0.504 e. The highest BCUT2D eigenvalue weighted by Crippen LogP contribution is 2.28. The van der Waals surface area contributed by atoms with E-state index in [2.05, 4.69) is 10.3 Å². The molecule has 98 valence electrons. The molecule has 0 saturated heterocycles. The Morgan fingerprint density at radius 2 is 2.11 bits per heavy atom. The predicted molar refractivity (Wildman–Crippen MR) is 71.1 cm³/mol. The van der Waals surface area contributed by atoms with Crippen LogP contribution in [-0.2, 0) is 0 Å². The smallest absolute Gasteiger partial charge is 0.260 e. The molecule has 0 atom stereocenters. The summed E-state index contributed by atoms with van der Waals surface area (Å²) >= 11 is 0. The number of aromatic nitrogens is 1. The number of carbonyl (C=O) groups is 1. The molecule has 0 unspecified atom stereocenters. The molecule has 0 bridgehead atoms. The van der Waals surface area contributed by atoms with Crippen molar-refractivity contribution in [3.05, 3.63) is 41.6 Å². The number of hydrogen-bond acceptors (Lipinski definition) is 5. The van der Waals surface area contributed by atoms with Gasteiger partial charge in [-0.3, -0.25) is 4.79 Å². The van der Waals surface area contributed by atoms with Gasteiger partial charge in [0.1, 0.15) is 5.82 Å². The third-order valence-electron chi connectivity index (χ3n) is 2.65. The van der Waals surface area contributed by atoms with Gasteiger partial charge in [0.25, 0.3) is 5.91 Å². The van der Waals surface area contributed by atoms with Crippen LogP contribution >= 0.6 is 0 Å². The zero-order valence-electron chi connectivity index (χ0n) is 10.2. The maximum Gasteiger partial charge on any atom is 0.260 e. The van der Waals surface area contributed by atoms with Crippen LogP contribution in [0.2, 0.25) is 0 Å². The second-order valence-corrected chi connectivity index (χ2v) is 4.05. The Morgan fingerprint density at radius 3 is 2.79 bits per heavy atom. The number of amides is 1. The molecule has 0 aliphatic rings. The molecule has 0 aliphatic carbocycles. The predicted octanol–water partition coefficient (Wildman–Crippen LogP) is 1.64. The van der Waals surface area contributed by atoms with E-state index in [-0.39, 0.29) is 11.3 Å². The van der Waals surface area contributed by atoms with Crippen molar-refractivity contribution >= 4 is 17.4 Å². The summed E-state index contributed by atoms with van der Waals surface area (Å²) in [5.74, 6) is -1.06. The molecule has 1 aromatic heterocycles. The summed E-state index contributed by atoms with van der Waals surface area (Å²) in [6, 6.07) is 5.77. The minimum absolute atomic E-state index is 0.0312. The van der Waals surface area contributed by atoms with E-state index in [1.165, 1.54) is 24.4 Å². The molecule has 1 heterocycles. The van der Waals surface area contributed by atoms with Crippen LogP contribution in [0.1, 0.15) is 15.9 Å². The topological polar surface area (TPSA) is 108 Å². The van der Waals surface area contributed by atoms with Gasteiger partial charge in [0, 0.05) is 0 Å². The lowest BCUT2D eigenvalue weighted by Crippen LogP contribution is -2.13. The van der Waals surface area contributed by atoms with Gasteiger partial charge in [-0.25, -0.2) is 4.98 Å². The van der Waals surface area contributed by atoms with Crippen LogP contribution in [0.15, 0.2) is 30.5 Å². The number of nitrogens with one attached hydrogen (secondary N) is 1. The lowest BCUT2D eigenvalue weighted by molar-refractivity contribution is 0.102. The molecule has 0 saturated carbocycles. The van der Waals surface area contributed by atoms with Crippen molar-refractivity contribution in [2.45, 2.75) is 6.92 Å². The first-order chi connectivity index (χ1) is 8.99. The number of phenols is 2. The Bertz CT molecular complexity index is 641. The molecule has 0 aliphatic heterocycles. The van der Waals surface area contributed by atoms with Gasteiger partial charge in [-0.2, -0.15) is 0 Å². The molecule has 1 aromatic carbocycles. The first-order valence-corrected chi connectivity index (χ1v) is 5.53. The molecular weight excluding hydrogens is 246 g/mol. The molecule has 0 radical (unpaired) electrons. The lowest BCUT2D eigenvalue weighted by atomic mass is 10.1. The van der Waals surface area contributed by atoms with Gasteiger partial charge in [-0.15, -0.1) is 0 Å². The number of aromatic hydroxyl groups is 2. The molecular formula is C13H13N3O3. The van der Waals surface area contributed by atoms with Gasteiger partial charge >= 0.3 is 0 Å². The van der Waals surface area contributed by atoms with Crippen molar-refractivity contribution in [3.8, 4) is 11.5 Å². The highest BCUT2D eigenvalue weighted by molar-refractivity contribution is 6.06. The van der Waals surface area contributed by atoms with E-state index < -0.39 is 11.7 Å². The highest BCUT2D eigenvalue weighted by atomic mass is 16.3. The normalized spacial score (nSPS) is 10.2. The molecule has 5 N–H and O–H groups in total. The second-order valence-electron chi connectivity index (χ2n) is 4.05. The number of nitrogen functional groups attached to an aromatic ring is 1. The number of rotatable bonds is 2. The van der Waals surface area contributed by atoms with Crippen LogP contribution < -0.4 is 11.1 Å². The molecule has 19 heavy (non-hydrogen) atoms. The van der Waals surface area contributed by atoms with E-state index in [0.29, 0.717) is 11.5 Å². The summed E-state index contributed by atoms with van der Waals surface area (Å²) in [5.41, 5.74) is 6.90. The first kappa shape index (κ1) is 12.7. The number of benzene rings is 1. The number of anilines is 2. The van der Waals surface area contributed by atoms with Crippen molar-refractivity contribution in [2.24, 2.45) is 0 Å². The number of hydrogen-bond donors (Lipinski definition) is 4. The Labute approximate surface area is 109 Å². The second kappa shape index (κ2) is 4.85. The molecule has 2 aromatic rings. The number of phenolic OH excluding ortho intramolecular Hbond substituents is 2. The van der Waals surface area contributed by atoms with E-state index in [9.17, 15) is 15.0 Å². The van der Waals surface area contributed by atoms with Crippen LogP contribution in [0, 0.1) is 6.92 Å². The average molecular weight is 259 g/mol. The summed E-state index contributed by atoms with van der Waals surface area (Å²) in [4.78, 5) is 15.9. The maximum atomic E-state index is 11.9. The molecule has 1 amide bonds. The third kappa shape index (κ3) is 2.57. The maximum absolute atomic E-state index is 11.9. The molecule has 0 fully saturated rings. The van der Waals surface area contributed by atoms with Crippen LogP contribution in [0.3, 0.4) is 0 Å². The monoisotopic (exact) mass is 259 g/mol. The fraction of sp³-hybridized carbons (Fsp3) is 0.0769. The van der Waals surface area contributed by atoms with Crippen LogP contribution in [0.4, 0.5) is 11.5 Å². The number of nitrogens with two attached hydrogens (primary N) is 1. The standard InChI is InChI=1S/C13H13N3O3/c1-7-5-11(15-6-9(7)14)16-13(19)8-3-2-4-10(17)12(8)18/h2-6,17-18H,14H2,1H3,(H,15,16,19). The van der Waals surface area contributed by atoms with Crippen molar-refractivity contribution in [1.82, 2.24) is 4.98 Å². The van der Waals surface area contributed by atoms with Gasteiger partial charge in [-0.1, -0.05) is 6.07 Å². The minimum atomic E-state index is -0.565. The number of carbonyl (C=O) groups excluding carboxylic acids is 1. The Balaban J connectivity index is 2.26. The van der Waals surface area contributed by atoms with E-state index >= 15 is 0 Å². The average Bonchev–Trinajstić information content (AvgIpc) is 2.37. The molecule has 6 nitrogen and oxygen atoms in total. The number of nitrogens with zero attached hydrogens (tertiary/aromatic N) is 1. The quantitative estimate of drug-likeness (QED) is 0.613. The summed E-state index contributed by atoms with van der Waals surface area (Å²) in [5, 5.41) is 21.4. The number of para-hydroxylation sites is 1. The van der Waals surface area contributed by atoms with E-state index in [1.807, 2.05) is 0 Å². The van der Waals surface area contributed by atoms with Gasteiger partial charge in [0.05, 0.1) is 17.4 Å². The summed E-state index contributed by atoms with van der Waals surface area (Å²) in [6.45, 7) is 1.79. The first-order valence-electron chi connectivity index (χ1n) is 5.53. The number of aryl methyl sites for hydroxylation is 1. The Morgan fingerprint density at radius 1 is 1.37 bits per heavy atom. The van der Waals surface area contributed by atoms with E-state index in [1.54, 1.807) is 13.0 Å². The van der Waals surface area contributed by atoms with E-state index in [0.717, 1.165) is 5.56 Å². The van der Waals surface area contributed by atoms with Crippen LogP contribution in [0.25, 0.3) is 0 Å². The molecule has 2 rings (SSSR count). The fourth-order valence-electron chi connectivity index (χ4n) is 1.53. The summed E-state index contributed by atoms with van der Waals surface area (Å²) in [7, 11) is 0. The molecule has 6 heteroatoms. The lowest BCUT2D eigenvalue weighted by Gasteiger charge is -2.08. The fourth-order valence-corrected chi connectivity index (χ4v) is 1.53. The zero-order chi connectivity index (χ0) is 14.0. The SMILES string of the molecule is Cc1cc(NC(=O)c2cccc(O)c2O)ncc1N. The summed E-state index contributed by atoms with van der Waals surface area (Å²) in [6.07, 6.45) is 1.44. The molecule has 0 spiro atoms. The van der Waals surface area contributed by atoms with Crippen molar-refractivity contribution in [2.75, 3.05) is 11.1 Å². The highest BCUT2D eigenvalue weighted by Gasteiger charge is 2.14. The van der Waals surface area contributed by atoms with E-state index in [4.69, 9.17) is 5.73 Å². The van der Waals surface area contributed by atoms with Gasteiger partial charge < -0.3 is 21.3 Å². The van der Waals surface area contributed by atoms with Gasteiger partial charge in [0.2, 0.25) is 0 Å². The van der Waals surface area contributed by atoms with Gasteiger partial charge in [0.15, 0.2) is 11.5 Å². The van der Waals surface area contributed by atoms with Crippen LogP contribution in [-0.4, -0.2) is 21.1 Å². The third-order valence-corrected chi connectivity index (χ3v) is 2.65. The largest absolute Gasteiger partial charge is 0.504 e. The Hall–Kier alpha value is -2.76. The van der Waals surface area contributed by atoms with Crippen molar-refractivity contribution in [1.29, 1.82) is 0 Å². The van der Waals surface area contributed by atoms with Crippen molar-refractivity contribution in [3.63, 3.8) is 0 Å². The number of pyridine rings is 1. The van der Waals surface area contributed by atoms with Crippen molar-refractivity contribution < 1.29 is 15.0 Å².